The third-order valence-corrected chi connectivity index (χ3v) is 5.28. The normalized spacial score (nSPS) is 26.7. The molecule has 20 heavy (non-hydrogen) atoms. The quantitative estimate of drug-likeness (QED) is 0.895. The van der Waals surface area contributed by atoms with Gasteiger partial charge in [0.05, 0.1) is 21.9 Å². The molecule has 4 heteroatoms. The Hall–Kier alpha value is -0.450. The number of thiazole rings is 1. The van der Waals surface area contributed by atoms with Gasteiger partial charge in [0.2, 0.25) is 0 Å². The maximum absolute atomic E-state index is 10.7. The standard InChI is InChI=1S/C16H27NO2S/c1-14(2,3)13-17-11(9-20-13)12(18)10-8-15(4,5)19-16(10,6)7/h9-10,12,18H,8H2,1-7H3. The second-order valence-electron chi connectivity index (χ2n) is 8.05. The predicted molar refractivity (Wildman–Crippen MR) is 83.1 cm³/mol. The maximum atomic E-state index is 10.7. The van der Waals surface area contributed by atoms with Crippen LogP contribution in [0.25, 0.3) is 0 Å². The van der Waals surface area contributed by atoms with Crippen molar-refractivity contribution in [3.8, 4) is 0 Å². The molecule has 1 aromatic rings. The maximum Gasteiger partial charge on any atom is 0.102 e. The summed E-state index contributed by atoms with van der Waals surface area (Å²) in [4.78, 5) is 4.65. The van der Waals surface area contributed by atoms with Gasteiger partial charge < -0.3 is 9.84 Å². The Labute approximate surface area is 126 Å². The lowest BCUT2D eigenvalue weighted by Gasteiger charge is -2.29. The van der Waals surface area contributed by atoms with Crippen LogP contribution in [0.2, 0.25) is 0 Å². The molecule has 114 valence electrons. The molecule has 2 unspecified atom stereocenters. The fourth-order valence-electron chi connectivity index (χ4n) is 3.07. The van der Waals surface area contributed by atoms with Gasteiger partial charge in [0.15, 0.2) is 0 Å². The monoisotopic (exact) mass is 297 g/mol. The third kappa shape index (κ3) is 3.07. The molecule has 2 rings (SSSR count). The van der Waals surface area contributed by atoms with Crippen LogP contribution in [0.3, 0.4) is 0 Å². The Kier molecular flexibility index (Phi) is 3.81. The molecule has 0 aromatic carbocycles. The SMILES string of the molecule is CC1(C)CC(C(O)c2csc(C(C)(C)C)n2)C(C)(C)O1. The van der Waals surface area contributed by atoms with E-state index in [2.05, 4.69) is 53.5 Å². The lowest BCUT2D eigenvalue weighted by atomic mass is 9.82. The van der Waals surface area contributed by atoms with Crippen LogP contribution in [0.4, 0.5) is 0 Å². The van der Waals surface area contributed by atoms with Crippen molar-refractivity contribution >= 4 is 11.3 Å². The molecule has 1 saturated heterocycles. The summed E-state index contributed by atoms with van der Waals surface area (Å²) < 4.78 is 6.08. The molecule has 1 aliphatic heterocycles. The summed E-state index contributed by atoms with van der Waals surface area (Å²) in [6.07, 6.45) is 0.294. The molecule has 0 aliphatic carbocycles. The minimum Gasteiger partial charge on any atom is -0.386 e. The first-order valence-corrected chi connectivity index (χ1v) is 8.14. The zero-order valence-electron chi connectivity index (χ0n) is 13.7. The number of hydrogen-bond donors (Lipinski definition) is 1. The Morgan fingerprint density at radius 2 is 1.95 bits per heavy atom. The Bertz CT molecular complexity index is 485. The van der Waals surface area contributed by atoms with E-state index in [1.54, 1.807) is 11.3 Å². The topological polar surface area (TPSA) is 42.4 Å². The van der Waals surface area contributed by atoms with Gasteiger partial charge in [-0.05, 0) is 34.1 Å². The molecule has 2 heterocycles. The molecule has 1 aliphatic rings. The van der Waals surface area contributed by atoms with Crippen LogP contribution in [-0.2, 0) is 10.2 Å². The van der Waals surface area contributed by atoms with Crippen LogP contribution in [0.15, 0.2) is 5.38 Å². The number of nitrogens with zero attached hydrogens (tertiary/aromatic N) is 1. The number of aromatic nitrogens is 1. The van der Waals surface area contributed by atoms with Gasteiger partial charge >= 0.3 is 0 Å². The van der Waals surface area contributed by atoms with Crippen molar-refractivity contribution in [3.05, 3.63) is 16.1 Å². The van der Waals surface area contributed by atoms with E-state index in [1.807, 2.05) is 5.38 Å². The van der Waals surface area contributed by atoms with Gasteiger partial charge in [0.1, 0.15) is 6.10 Å². The fourth-order valence-corrected chi connectivity index (χ4v) is 4.01. The molecule has 0 spiro atoms. The summed E-state index contributed by atoms with van der Waals surface area (Å²) >= 11 is 1.63. The third-order valence-electron chi connectivity index (χ3n) is 3.99. The van der Waals surface area contributed by atoms with E-state index >= 15 is 0 Å². The highest BCUT2D eigenvalue weighted by Gasteiger charge is 2.49. The van der Waals surface area contributed by atoms with E-state index in [4.69, 9.17) is 4.74 Å². The summed E-state index contributed by atoms with van der Waals surface area (Å²) in [6.45, 7) is 14.7. The minimum atomic E-state index is -0.556. The van der Waals surface area contributed by atoms with Gasteiger partial charge in [-0.1, -0.05) is 20.8 Å². The first-order valence-electron chi connectivity index (χ1n) is 7.26. The van der Waals surface area contributed by atoms with E-state index in [0.29, 0.717) is 0 Å². The summed E-state index contributed by atoms with van der Waals surface area (Å²) in [7, 11) is 0. The Morgan fingerprint density at radius 1 is 1.35 bits per heavy atom. The summed E-state index contributed by atoms with van der Waals surface area (Å²) in [6, 6.07) is 0. The fraction of sp³-hybridized carbons (Fsp3) is 0.812. The summed E-state index contributed by atoms with van der Waals surface area (Å²) in [5, 5.41) is 13.8. The van der Waals surface area contributed by atoms with Crippen LogP contribution in [-0.4, -0.2) is 21.3 Å². The number of aliphatic hydroxyl groups excluding tert-OH is 1. The van der Waals surface area contributed by atoms with Gasteiger partial charge in [0.25, 0.3) is 0 Å². The second-order valence-corrected chi connectivity index (χ2v) is 8.91. The highest BCUT2D eigenvalue weighted by Crippen LogP contribution is 2.47. The van der Waals surface area contributed by atoms with Crippen LogP contribution < -0.4 is 0 Å². The molecule has 3 nitrogen and oxygen atoms in total. The smallest absolute Gasteiger partial charge is 0.102 e. The minimum absolute atomic E-state index is 0.0314. The van der Waals surface area contributed by atoms with Crippen molar-refractivity contribution in [1.82, 2.24) is 4.98 Å². The summed E-state index contributed by atoms with van der Waals surface area (Å²) in [5.41, 5.74) is 0.315. The number of hydrogen-bond acceptors (Lipinski definition) is 4. The summed E-state index contributed by atoms with van der Waals surface area (Å²) in [5.74, 6) is 0.0763. The zero-order valence-corrected chi connectivity index (χ0v) is 14.5. The molecule has 1 fully saturated rings. The Morgan fingerprint density at radius 3 is 2.35 bits per heavy atom. The lowest BCUT2D eigenvalue weighted by Crippen LogP contribution is -2.32. The molecular weight excluding hydrogens is 270 g/mol. The molecule has 0 radical (unpaired) electrons. The van der Waals surface area contributed by atoms with Crippen molar-refractivity contribution in [2.75, 3.05) is 0 Å². The molecule has 0 saturated carbocycles. The van der Waals surface area contributed by atoms with Crippen molar-refractivity contribution in [3.63, 3.8) is 0 Å². The molecule has 1 N–H and O–H groups in total. The largest absolute Gasteiger partial charge is 0.386 e. The average molecular weight is 297 g/mol. The predicted octanol–water partition coefficient (Wildman–Crippen LogP) is 4.07. The van der Waals surface area contributed by atoms with Gasteiger partial charge in [-0.3, -0.25) is 0 Å². The molecular formula is C16H27NO2S. The number of aliphatic hydroxyl groups is 1. The van der Waals surface area contributed by atoms with Crippen LogP contribution >= 0.6 is 11.3 Å². The van der Waals surface area contributed by atoms with Crippen molar-refractivity contribution in [2.45, 2.75) is 77.6 Å². The molecule has 2 atom stereocenters. The molecule has 0 amide bonds. The van der Waals surface area contributed by atoms with Crippen molar-refractivity contribution < 1.29 is 9.84 Å². The van der Waals surface area contributed by atoms with Gasteiger partial charge in [-0.15, -0.1) is 11.3 Å². The van der Waals surface area contributed by atoms with Crippen molar-refractivity contribution in [1.29, 1.82) is 0 Å². The zero-order chi connectivity index (χ0) is 15.3. The lowest BCUT2D eigenvalue weighted by molar-refractivity contribution is -0.0883. The number of rotatable bonds is 2. The molecule has 1 aromatic heterocycles. The van der Waals surface area contributed by atoms with Crippen molar-refractivity contribution in [2.24, 2.45) is 5.92 Å². The Balaban J connectivity index is 2.24. The van der Waals surface area contributed by atoms with E-state index < -0.39 is 6.10 Å². The van der Waals surface area contributed by atoms with E-state index in [-0.39, 0.29) is 22.5 Å². The highest BCUT2D eigenvalue weighted by molar-refractivity contribution is 7.09. The highest BCUT2D eigenvalue weighted by atomic mass is 32.1. The van der Waals surface area contributed by atoms with E-state index in [1.165, 1.54) is 0 Å². The van der Waals surface area contributed by atoms with Crippen LogP contribution in [0.5, 0.6) is 0 Å². The van der Waals surface area contributed by atoms with Gasteiger partial charge in [-0.2, -0.15) is 0 Å². The van der Waals surface area contributed by atoms with Gasteiger partial charge in [-0.25, -0.2) is 4.98 Å². The molecule has 0 bridgehead atoms. The van der Waals surface area contributed by atoms with Gasteiger partial charge in [0, 0.05) is 16.7 Å². The van der Waals surface area contributed by atoms with E-state index in [9.17, 15) is 5.11 Å². The van der Waals surface area contributed by atoms with Crippen LogP contribution in [0.1, 0.15) is 71.7 Å². The van der Waals surface area contributed by atoms with Crippen LogP contribution in [0, 0.1) is 5.92 Å². The average Bonchev–Trinajstić information content (AvgIpc) is 2.78. The first-order chi connectivity index (χ1) is 8.92. The second kappa shape index (κ2) is 4.79. The number of ether oxygens (including phenoxy) is 1. The van der Waals surface area contributed by atoms with E-state index in [0.717, 1.165) is 17.1 Å². The first kappa shape index (κ1) is 15.9.